The van der Waals surface area contributed by atoms with E-state index in [0.29, 0.717) is 11.6 Å². The van der Waals surface area contributed by atoms with Crippen molar-refractivity contribution in [3.8, 4) is 0 Å². The van der Waals surface area contributed by atoms with Gasteiger partial charge in [-0.1, -0.05) is 11.6 Å². The highest BCUT2D eigenvalue weighted by Crippen LogP contribution is 2.25. The number of piperazine rings is 1. The maximum absolute atomic E-state index is 12.0. The maximum Gasteiger partial charge on any atom is 0.243 e. The van der Waals surface area contributed by atoms with E-state index in [1.807, 2.05) is 6.07 Å². The molecule has 2 fully saturated rings. The number of likely N-dealkylation sites (N-methyl/N-ethyl adjacent to an activating group) is 1. The highest BCUT2D eigenvalue weighted by molar-refractivity contribution is 6.33. The first-order valence-electron chi connectivity index (χ1n) is 9.74. The van der Waals surface area contributed by atoms with Crippen LogP contribution < -0.4 is 10.2 Å². The van der Waals surface area contributed by atoms with E-state index >= 15 is 0 Å². The van der Waals surface area contributed by atoms with Crippen LogP contribution in [0.3, 0.4) is 0 Å². The van der Waals surface area contributed by atoms with Crippen LogP contribution >= 0.6 is 11.6 Å². The van der Waals surface area contributed by atoms with Crippen LogP contribution in [0.5, 0.6) is 0 Å². The Hall–Kier alpha value is -2.06. The fraction of sp³-hybridized carbons (Fsp3) is 0.632. The summed E-state index contributed by atoms with van der Waals surface area (Å²) in [5, 5.41) is 4.08. The molecular formula is C19H29ClN6O2. The first kappa shape index (κ1) is 20.7. The zero-order chi connectivity index (χ0) is 19.9. The molecule has 0 saturated carbocycles. The second-order valence-corrected chi connectivity index (χ2v) is 7.65. The van der Waals surface area contributed by atoms with Crippen molar-refractivity contribution < 1.29 is 9.53 Å². The number of hydrogen-bond donors (Lipinski definition) is 1. The first-order valence-corrected chi connectivity index (χ1v) is 10.1. The fourth-order valence-corrected chi connectivity index (χ4v) is 3.58. The number of halogens is 1. The number of carbonyl (C=O) groups excluding carboxylic acids is 1. The molecule has 2 aliphatic heterocycles. The minimum Gasteiger partial charge on any atom is -0.376 e. The van der Waals surface area contributed by atoms with E-state index in [9.17, 15) is 4.79 Å². The van der Waals surface area contributed by atoms with Gasteiger partial charge in [-0.25, -0.2) is 4.99 Å². The molecule has 1 amide bonds. The molecule has 1 aromatic rings. The zero-order valence-corrected chi connectivity index (χ0v) is 17.4. The number of ether oxygens (including phenoxy) is 1. The number of carbonyl (C=O) groups is 1. The number of amides is 1. The number of anilines is 1. The molecule has 28 heavy (non-hydrogen) atoms. The van der Waals surface area contributed by atoms with E-state index in [0.717, 1.165) is 57.3 Å². The molecule has 8 nitrogen and oxygen atoms in total. The third-order valence-electron chi connectivity index (χ3n) is 5.05. The van der Waals surface area contributed by atoms with Crippen molar-refractivity contribution in [1.29, 1.82) is 0 Å². The van der Waals surface area contributed by atoms with Gasteiger partial charge in [-0.05, 0) is 18.9 Å². The summed E-state index contributed by atoms with van der Waals surface area (Å²) in [5.41, 5.74) is 1.00. The number of hydrogen-bond acceptors (Lipinski definition) is 5. The number of aliphatic imine (C=N–C) groups is 1. The van der Waals surface area contributed by atoms with E-state index in [1.54, 1.807) is 31.4 Å². The Morgan fingerprint density at radius 3 is 2.82 bits per heavy atom. The quantitative estimate of drug-likeness (QED) is 0.580. The normalized spacial score (nSPS) is 20.4. The van der Waals surface area contributed by atoms with Crippen molar-refractivity contribution in [3.05, 3.63) is 23.5 Å². The summed E-state index contributed by atoms with van der Waals surface area (Å²) in [5.74, 6) is 0.754. The van der Waals surface area contributed by atoms with Gasteiger partial charge in [-0.3, -0.25) is 9.78 Å². The van der Waals surface area contributed by atoms with Gasteiger partial charge in [0.15, 0.2) is 5.96 Å². The molecule has 0 aliphatic carbocycles. The van der Waals surface area contributed by atoms with Gasteiger partial charge in [0.05, 0.1) is 16.8 Å². The third-order valence-corrected chi connectivity index (χ3v) is 5.34. The highest BCUT2D eigenvalue weighted by Gasteiger charge is 2.23. The van der Waals surface area contributed by atoms with Crippen LogP contribution in [0.4, 0.5) is 5.69 Å². The lowest BCUT2D eigenvalue weighted by molar-refractivity contribution is -0.127. The molecule has 0 spiro atoms. The van der Waals surface area contributed by atoms with Gasteiger partial charge < -0.3 is 24.8 Å². The SMILES string of the molecule is CN(C)C(=O)CN=C(NCC1CCCO1)N1CCN(c2ccncc2Cl)CC1. The molecular weight excluding hydrogens is 380 g/mol. The smallest absolute Gasteiger partial charge is 0.243 e. The van der Waals surface area contributed by atoms with E-state index in [-0.39, 0.29) is 18.6 Å². The van der Waals surface area contributed by atoms with Crippen molar-refractivity contribution in [2.75, 3.05) is 64.9 Å². The predicted molar refractivity (Wildman–Crippen MR) is 111 cm³/mol. The van der Waals surface area contributed by atoms with Gasteiger partial charge in [0.2, 0.25) is 5.91 Å². The van der Waals surface area contributed by atoms with Crippen LogP contribution in [0.15, 0.2) is 23.5 Å². The number of aromatic nitrogens is 1. The molecule has 1 N–H and O–H groups in total. The lowest BCUT2D eigenvalue weighted by Crippen LogP contribution is -2.53. The predicted octanol–water partition coefficient (Wildman–Crippen LogP) is 1.07. The average Bonchev–Trinajstić information content (AvgIpc) is 3.22. The van der Waals surface area contributed by atoms with Crippen LogP contribution in [0.1, 0.15) is 12.8 Å². The molecule has 3 rings (SSSR count). The van der Waals surface area contributed by atoms with E-state index < -0.39 is 0 Å². The lowest BCUT2D eigenvalue weighted by atomic mass is 10.2. The Bertz CT molecular complexity index is 685. The van der Waals surface area contributed by atoms with E-state index in [1.165, 1.54) is 0 Å². The van der Waals surface area contributed by atoms with Crippen LogP contribution in [-0.4, -0.2) is 92.7 Å². The van der Waals surface area contributed by atoms with Crippen molar-refractivity contribution in [3.63, 3.8) is 0 Å². The second-order valence-electron chi connectivity index (χ2n) is 7.25. The summed E-state index contributed by atoms with van der Waals surface area (Å²) < 4.78 is 5.70. The van der Waals surface area contributed by atoms with Gasteiger partial charge in [0.1, 0.15) is 6.54 Å². The minimum absolute atomic E-state index is 0.0152. The van der Waals surface area contributed by atoms with Crippen molar-refractivity contribution in [1.82, 2.24) is 20.1 Å². The van der Waals surface area contributed by atoms with Crippen LogP contribution in [0.2, 0.25) is 5.02 Å². The van der Waals surface area contributed by atoms with E-state index in [2.05, 4.69) is 25.1 Å². The topological polar surface area (TPSA) is 73.3 Å². The first-order chi connectivity index (χ1) is 13.5. The third kappa shape index (κ3) is 5.48. The Kier molecular flexibility index (Phi) is 7.33. The summed E-state index contributed by atoms with van der Waals surface area (Å²) in [4.78, 5) is 26.6. The lowest BCUT2D eigenvalue weighted by Gasteiger charge is -2.38. The average molecular weight is 409 g/mol. The fourth-order valence-electron chi connectivity index (χ4n) is 3.35. The molecule has 1 unspecified atom stereocenters. The zero-order valence-electron chi connectivity index (χ0n) is 16.6. The molecule has 3 heterocycles. The Morgan fingerprint density at radius 1 is 1.39 bits per heavy atom. The van der Waals surface area contributed by atoms with Gasteiger partial charge in [0, 0.05) is 65.8 Å². The van der Waals surface area contributed by atoms with Gasteiger partial charge in [0.25, 0.3) is 0 Å². The number of rotatable bonds is 5. The van der Waals surface area contributed by atoms with Crippen LogP contribution in [0.25, 0.3) is 0 Å². The van der Waals surface area contributed by atoms with Gasteiger partial charge in [-0.2, -0.15) is 0 Å². The molecule has 154 valence electrons. The van der Waals surface area contributed by atoms with Gasteiger partial charge in [-0.15, -0.1) is 0 Å². The molecule has 2 saturated heterocycles. The largest absolute Gasteiger partial charge is 0.376 e. The van der Waals surface area contributed by atoms with Crippen molar-refractivity contribution in [2.45, 2.75) is 18.9 Å². The monoisotopic (exact) mass is 408 g/mol. The van der Waals surface area contributed by atoms with Gasteiger partial charge >= 0.3 is 0 Å². The van der Waals surface area contributed by atoms with E-state index in [4.69, 9.17) is 16.3 Å². The minimum atomic E-state index is -0.0152. The number of guanidine groups is 1. The molecule has 9 heteroatoms. The molecule has 0 radical (unpaired) electrons. The molecule has 2 aliphatic rings. The molecule has 1 aromatic heterocycles. The summed E-state index contributed by atoms with van der Waals surface area (Å²) in [6.07, 6.45) is 5.81. The molecule has 0 aromatic carbocycles. The number of nitrogens with zero attached hydrogens (tertiary/aromatic N) is 5. The Labute approximate surface area is 171 Å². The second kappa shape index (κ2) is 9.93. The van der Waals surface area contributed by atoms with Crippen LogP contribution in [0, 0.1) is 0 Å². The number of pyridine rings is 1. The van der Waals surface area contributed by atoms with Crippen molar-refractivity contribution in [2.24, 2.45) is 4.99 Å². The molecule has 1 atom stereocenters. The Morgan fingerprint density at radius 2 is 2.18 bits per heavy atom. The number of nitrogens with one attached hydrogen (secondary N) is 1. The molecule has 0 bridgehead atoms. The summed E-state index contributed by atoms with van der Waals surface area (Å²) in [7, 11) is 3.49. The van der Waals surface area contributed by atoms with Crippen molar-refractivity contribution >= 4 is 29.2 Å². The maximum atomic E-state index is 12.0. The summed E-state index contributed by atoms with van der Waals surface area (Å²) in [6, 6.07) is 1.94. The highest BCUT2D eigenvalue weighted by atomic mass is 35.5. The van der Waals surface area contributed by atoms with Crippen LogP contribution in [-0.2, 0) is 9.53 Å². The Balaban J connectivity index is 1.61. The standard InChI is InChI=1S/C19H29ClN6O2/c1-24(2)18(27)14-23-19(22-12-15-4-3-11-28-15)26-9-7-25(8-10-26)17-5-6-21-13-16(17)20/h5-6,13,15H,3-4,7-12,14H2,1-2H3,(H,22,23). The summed E-state index contributed by atoms with van der Waals surface area (Å²) in [6.45, 7) is 4.92. The summed E-state index contributed by atoms with van der Waals surface area (Å²) >= 11 is 6.28.